The summed E-state index contributed by atoms with van der Waals surface area (Å²) in [6.45, 7) is 5.36. The average Bonchev–Trinajstić information content (AvgIpc) is 3.67. The molecule has 57 heavy (non-hydrogen) atoms. The van der Waals surface area contributed by atoms with Gasteiger partial charge in [0, 0.05) is 11.7 Å². The average molecular weight is 882 g/mol. The number of halogens is 3. The van der Waals surface area contributed by atoms with Crippen LogP contribution < -0.4 is 19.5 Å². The smallest absolute Gasteiger partial charge is 0.355 e. The maximum atomic E-state index is 12.9. The van der Waals surface area contributed by atoms with Crippen molar-refractivity contribution < 1.29 is 37.9 Å². The molecule has 0 aliphatic carbocycles. The van der Waals surface area contributed by atoms with Crippen molar-refractivity contribution in [1.82, 2.24) is 10.2 Å². The van der Waals surface area contributed by atoms with Gasteiger partial charge in [-0.1, -0.05) is 103 Å². The summed E-state index contributed by atoms with van der Waals surface area (Å²) >= 11 is 17.5. The molecule has 5 rings (SSSR count). The highest BCUT2D eigenvalue weighted by atomic mass is 35.6. The molecule has 0 radical (unpaired) electrons. The molecule has 1 saturated heterocycles. The van der Waals surface area contributed by atoms with Crippen LogP contribution in [-0.2, 0) is 36.7 Å². The number of carbonyl (C=O) groups excluding carboxylic acids is 3. The van der Waals surface area contributed by atoms with E-state index >= 15 is 0 Å². The molecule has 0 aromatic heterocycles. The molecule has 3 heterocycles. The molecule has 4 unspecified atom stereocenters. The number of nitriles is 2. The van der Waals surface area contributed by atoms with E-state index in [2.05, 4.69) is 19.2 Å². The number of hydrogen-bond acceptors (Lipinski definition) is 11. The minimum absolute atomic E-state index is 0.0568. The molecule has 2 aromatic rings. The van der Waals surface area contributed by atoms with Crippen LogP contribution >= 0.6 is 46.6 Å². The Morgan fingerprint density at radius 2 is 1.75 bits per heavy atom. The number of β-lactam (4-membered cyclic amide) rings is 1. The number of ether oxygens (including phenoxy) is 4. The Bertz CT molecular complexity index is 1790. The maximum Gasteiger partial charge on any atom is 0.355 e. The van der Waals surface area contributed by atoms with E-state index in [1.165, 1.54) is 54.3 Å². The van der Waals surface area contributed by atoms with E-state index in [1.54, 1.807) is 37.3 Å². The number of fused-ring (bicyclic) bond motifs is 2. The number of hydrogen-bond donors (Lipinski definition) is 1. The van der Waals surface area contributed by atoms with Crippen molar-refractivity contribution in [3.63, 3.8) is 0 Å². The largest absolute Gasteiger partial charge is 0.616 e. The molecule has 2 aromatic carbocycles. The summed E-state index contributed by atoms with van der Waals surface area (Å²) < 4.78 is 31.7. The zero-order valence-electron chi connectivity index (χ0n) is 32.0. The first kappa shape index (κ1) is 46.2. The third-order valence-corrected chi connectivity index (χ3v) is 13.0. The fourth-order valence-corrected chi connectivity index (χ4v) is 9.30. The summed E-state index contributed by atoms with van der Waals surface area (Å²) in [7, 11) is 0. The van der Waals surface area contributed by atoms with E-state index in [9.17, 15) is 29.5 Å². The van der Waals surface area contributed by atoms with Crippen molar-refractivity contribution in [2.24, 2.45) is 5.92 Å². The van der Waals surface area contributed by atoms with Gasteiger partial charge in [0.2, 0.25) is 10.6 Å². The van der Waals surface area contributed by atoms with Crippen LogP contribution in [0.25, 0.3) is 0 Å². The van der Waals surface area contributed by atoms with Crippen LogP contribution in [0.3, 0.4) is 0 Å². The first-order chi connectivity index (χ1) is 27.3. The number of nitrogens with one attached hydrogen (secondary N) is 1. The van der Waals surface area contributed by atoms with Gasteiger partial charge in [-0.25, -0.2) is 4.79 Å². The Morgan fingerprint density at radius 1 is 1.07 bits per heavy atom. The lowest BCUT2D eigenvalue weighted by molar-refractivity contribution is -0.153. The summed E-state index contributed by atoms with van der Waals surface area (Å²) in [5, 5.41) is 20.1. The van der Waals surface area contributed by atoms with Crippen molar-refractivity contribution in [1.29, 1.82) is 10.5 Å². The van der Waals surface area contributed by atoms with Crippen LogP contribution in [0.1, 0.15) is 71.3 Å². The van der Waals surface area contributed by atoms with E-state index in [-0.39, 0.29) is 24.0 Å². The second-order valence-corrected chi connectivity index (χ2v) is 19.5. The molecule has 0 bridgehead atoms. The zero-order chi connectivity index (χ0) is 41.5. The minimum Gasteiger partial charge on any atom is -0.616 e. The quantitative estimate of drug-likeness (QED) is 0.0516. The fourth-order valence-electron chi connectivity index (χ4n) is 6.24. The van der Waals surface area contributed by atoms with Crippen molar-refractivity contribution in [2.45, 2.75) is 97.8 Å². The minimum atomic E-state index is -1.85. The Kier molecular flexibility index (Phi) is 18.3. The van der Waals surface area contributed by atoms with E-state index in [4.69, 9.17) is 53.8 Å². The molecule has 3 aliphatic heterocycles. The lowest BCUT2D eigenvalue weighted by Crippen LogP contribution is -2.71. The zero-order valence-corrected chi connectivity index (χ0v) is 35.9. The first-order valence-corrected chi connectivity index (χ1v) is 22.2. The molecule has 1 fully saturated rings. The molecule has 0 saturated carbocycles. The monoisotopic (exact) mass is 880 g/mol. The van der Waals surface area contributed by atoms with Crippen molar-refractivity contribution >= 4 is 75.5 Å². The Hall–Kier alpha value is -3.50. The number of benzene rings is 2. The molecule has 12 nitrogen and oxygen atoms in total. The van der Waals surface area contributed by atoms with Gasteiger partial charge in [0.1, 0.15) is 46.4 Å². The lowest BCUT2D eigenvalue weighted by Gasteiger charge is -2.51. The van der Waals surface area contributed by atoms with Gasteiger partial charge in [0.25, 0.3) is 11.8 Å². The summed E-state index contributed by atoms with van der Waals surface area (Å²) in [5.41, 5.74) is 1.56. The Labute approximate surface area is 356 Å². The van der Waals surface area contributed by atoms with Crippen LogP contribution in [0.2, 0.25) is 0 Å². The van der Waals surface area contributed by atoms with Gasteiger partial charge >= 0.3 is 5.97 Å². The second kappa shape index (κ2) is 22.6. The molecule has 5 atom stereocenters. The third kappa shape index (κ3) is 13.8. The summed E-state index contributed by atoms with van der Waals surface area (Å²) in [4.78, 5) is 39.4. The second-order valence-electron chi connectivity index (χ2n) is 13.7. The number of carbonyl (C=O) groups is 3. The first-order valence-electron chi connectivity index (χ1n) is 18.7. The van der Waals surface area contributed by atoms with E-state index in [1.807, 2.05) is 30.3 Å². The third-order valence-electron chi connectivity index (χ3n) is 9.30. The maximum absolute atomic E-state index is 12.9. The molecule has 0 spiro atoms. The van der Waals surface area contributed by atoms with Gasteiger partial charge in [-0.3, -0.25) is 14.5 Å². The fraction of sp³-hybridized carbons (Fsp3) is 0.525. The van der Waals surface area contributed by atoms with Gasteiger partial charge in [0.05, 0.1) is 12.1 Å². The predicted octanol–water partition coefficient (Wildman–Crippen LogP) is 7.53. The number of alkyl halides is 3. The number of amides is 2. The van der Waals surface area contributed by atoms with Crippen molar-refractivity contribution in [2.75, 3.05) is 25.8 Å². The van der Waals surface area contributed by atoms with Gasteiger partial charge in [0.15, 0.2) is 18.1 Å². The van der Waals surface area contributed by atoms with Gasteiger partial charge in [-0.15, -0.1) is 11.8 Å². The topological polar surface area (TPSA) is 174 Å². The highest BCUT2D eigenvalue weighted by molar-refractivity contribution is 8.00. The standard InChI is InChI=1S/C22H19Cl3N4O5S.C18H28O3S/c1-12-15(7-13(8-26)9-27)35-20-17(28-16(30)10-33-14-5-3-2-4-6-14)19(31)29(20)18(12)21(32)34-11-22(23,24)25;1-3-4-5-6-7-8-11-22(19)15(2)12-16-9-10-17-18(13-16)21-14-20-17/h2-6,13,15,17,20H,7,10-11H2,1H3,(H,28,30);9-10,13,15H,3-8,11-12,14H2,1-2H3/t15?,17?,20-;/m1./s1. The molecule has 1 N–H and O–H groups in total. The molecule has 2 amide bonds. The van der Waals surface area contributed by atoms with Crippen LogP contribution in [-0.4, -0.2) is 78.7 Å². The number of esters is 1. The van der Waals surface area contributed by atoms with E-state index in [0.717, 1.165) is 30.1 Å². The van der Waals surface area contributed by atoms with Crippen LogP contribution in [0.5, 0.6) is 17.2 Å². The number of nitrogens with zero attached hydrogens (tertiary/aromatic N) is 3. The lowest BCUT2D eigenvalue weighted by atomic mass is 9.97. The van der Waals surface area contributed by atoms with Crippen LogP contribution in [0.15, 0.2) is 59.8 Å². The molecule has 3 aliphatic rings. The normalized spacial score (nSPS) is 19.2. The van der Waals surface area contributed by atoms with Gasteiger partial charge in [-0.05, 0) is 68.5 Å². The Morgan fingerprint density at radius 3 is 2.44 bits per heavy atom. The van der Waals surface area contributed by atoms with Crippen molar-refractivity contribution in [3.8, 4) is 29.4 Å². The van der Waals surface area contributed by atoms with Crippen molar-refractivity contribution in [3.05, 3.63) is 65.4 Å². The summed E-state index contributed by atoms with van der Waals surface area (Å²) in [5.74, 6) is 0.0751. The highest BCUT2D eigenvalue weighted by Gasteiger charge is 2.56. The summed E-state index contributed by atoms with van der Waals surface area (Å²) in [6, 6.07) is 17.6. The molecular formula is C40H47Cl3N4O8S2. The van der Waals surface area contributed by atoms with Crippen LogP contribution in [0, 0.1) is 28.6 Å². The highest BCUT2D eigenvalue weighted by Crippen LogP contribution is 2.46. The number of unbranched alkanes of at least 4 members (excludes halogenated alkanes) is 5. The number of rotatable bonds is 18. The predicted molar refractivity (Wildman–Crippen MR) is 221 cm³/mol. The Balaban J connectivity index is 0.000000281. The molecular weight excluding hydrogens is 835 g/mol. The molecule has 308 valence electrons. The van der Waals surface area contributed by atoms with Gasteiger partial charge < -0.3 is 28.8 Å². The van der Waals surface area contributed by atoms with E-state index < -0.39 is 61.9 Å². The van der Waals surface area contributed by atoms with Crippen LogP contribution in [0.4, 0.5) is 0 Å². The van der Waals surface area contributed by atoms with E-state index in [0.29, 0.717) is 18.1 Å². The number of thioether (sulfide) groups is 1. The SMILES string of the molecule is CC1=C(C(=O)OCC(Cl)(Cl)Cl)N2C(=O)C(NC(=O)COc3ccccc3)[C@H]2SC1CC(C#N)C#N.CCCCCCCC[S+]([O-])C(C)Cc1ccc2c(c1)OCO2. The number of para-hydroxylation sites is 1. The molecule has 17 heteroatoms. The van der Waals surface area contributed by atoms with Gasteiger partial charge in [-0.2, -0.15) is 10.5 Å². The summed E-state index contributed by atoms with van der Waals surface area (Å²) in [6.07, 6.45) is 8.43.